The number of carbonyl (C=O) groups is 1. The van der Waals surface area contributed by atoms with E-state index in [1.165, 1.54) is 0 Å². The van der Waals surface area contributed by atoms with Crippen LogP contribution in [0.3, 0.4) is 0 Å². The van der Waals surface area contributed by atoms with Crippen molar-refractivity contribution in [3.63, 3.8) is 0 Å². The van der Waals surface area contributed by atoms with Crippen molar-refractivity contribution in [1.82, 2.24) is 10.2 Å². The van der Waals surface area contributed by atoms with Crippen LogP contribution in [0, 0.1) is 12.3 Å². The van der Waals surface area contributed by atoms with Gasteiger partial charge in [0.2, 0.25) is 5.91 Å². The molecule has 0 fully saturated rings. The fraction of sp³-hybridized carbons (Fsp3) is 0.278. The van der Waals surface area contributed by atoms with Gasteiger partial charge in [-0.1, -0.05) is 35.7 Å². The van der Waals surface area contributed by atoms with E-state index in [1.54, 1.807) is 6.07 Å². The molecular formula is C18H19ClN2O. The Balaban J connectivity index is 1.94. The number of rotatable bonds is 4. The summed E-state index contributed by atoms with van der Waals surface area (Å²) in [6, 6.07) is 7.35. The van der Waals surface area contributed by atoms with Crippen LogP contribution in [0.15, 0.2) is 48.3 Å². The molecule has 0 atom stereocenters. The molecule has 0 aliphatic carbocycles. The number of terminal acetylenes is 1. The predicted octanol–water partition coefficient (Wildman–Crippen LogP) is 3.12. The lowest BCUT2D eigenvalue weighted by Gasteiger charge is -2.34. The van der Waals surface area contributed by atoms with Gasteiger partial charge >= 0.3 is 0 Å². The highest BCUT2D eigenvalue weighted by Crippen LogP contribution is 2.18. The fourth-order valence-electron chi connectivity index (χ4n) is 2.11. The summed E-state index contributed by atoms with van der Waals surface area (Å²) >= 11 is 6.06. The fourth-order valence-corrected chi connectivity index (χ4v) is 2.31. The molecule has 1 aliphatic heterocycles. The van der Waals surface area contributed by atoms with Crippen molar-refractivity contribution in [3.05, 3.63) is 58.9 Å². The third-order valence-electron chi connectivity index (χ3n) is 3.61. The van der Waals surface area contributed by atoms with Crippen molar-refractivity contribution >= 4 is 17.5 Å². The van der Waals surface area contributed by atoms with Crippen LogP contribution >= 0.6 is 11.6 Å². The number of benzene rings is 1. The number of allylic oxidation sites excluding steroid dienone is 1. The van der Waals surface area contributed by atoms with Gasteiger partial charge in [-0.05, 0) is 37.6 Å². The molecule has 2 rings (SSSR count). The second-order valence-corrected chi connectivity index (χ2v) is 6.05. The molecule has 0 saturated carbocycles. The van der Waals surface area contributed by atoms with Gasteiger partial charge in [0.25, 0.3) is 0 Å². The number of nitrogens with zero attached hydrogens (tertiary/aromatic N) is 1. The van der Waals surface area contributed by atoms with Crippen LogP contribution in [0.5, 0.6) is 0 Å². The topological polar surface area (TPSA) is 32.3 Å². The first kappa shape index (κ1) is 16.2. The first-order chi connectivity index (χ1) is 10.4. The lowest BCUT2D eigenvalue weighted by molar-refractivity contribution is -0.119. The van der Waals surface area contributed by atoms with Crippen molar-refractivity contribution in [1.29, 1.82) is 0 Å². The van der Waals surface area contributed by atoms with Crippen LogP contribution in [-0.2, 0) is 11.2 Å². The minimum atomic E-state index is -0.347. The van der Waals surface area contributed by atoms with Crippen molar-refractivity contribution < 1.29 is 4.79 Å². The SMILES string of the molecule is C#CC(C)(C)N1C=CC(NC(=O)Cc2ccccc2Cl)=CC1. The Bertz CT molecular complexity index is 668. The zero-order valence-corrected chi connectivity index (χ0v) is 13.5. The largest absolute Gasteiger partial charge is 0.358 e. The maximum Gasteiger partial charge on any atom is 0.228 e. The number of amides is 1. The van der Waals surface area contributed by atoms with Crippen molar-refractivity contribution in [2.24, 2.45) is 0 Å². The highest BCUT2D eigenvalue weighted by atomic mass is 35.5. The van der Waals surface area contributed by atoms with E-state index in [2.05, 4.69) is 11.2 Å². The number of hydrogen-bond donors (Lipinski definition) is 1. The van der Waals surface area contributed by atoms with Gasteiger partial charge in [0.15, 0.2) is 0 Å². The minimum absolute atomic E-state index is 0.0892. The minimum Gasteiger partial charge on any atom is -0.358 e. The second-order valence-electron chi connectivity index (χ2n) is 5.65. The van der Waals surface area contributed by atoms with Crippen molar-refractivity contribution in [2.45, 2.75) is 25.8 Å². The predicted molar refractivity (Wildman–Crippen MR) is 90.1 cm³/mol. The van der Waals surface area contributed by atoms with Gasteiger partial charge < -0.3 is 10.2 Å². The van der Waals surface area contributed by atoms with Gasteiger partial charge in [-0.2, -0.15) is 0 Å². The Morgan fingerprint density at radius 2 is 2.18 bits per heavy atom. The summed E-state index contributed by atoms with van der Waals surface area (Å²) in [5, 5.41) is 3.49. The van der Waals surface area contributed by atoms with E-state index < -0.39 is 0 Å². The Hall–Kier alpha value is -2.18. The normalized spacial score (nSPS) is 14.3. The summed E-state index contributed by atoms with van der Waals surface area (Å²) in [7, 11) is 0. The first-order valence-corrected chi connectivity index (χ1v) is 7.46. The summed E-state index contributed by atoms with van der Waals surface area (Å²) in [4.78, 5) is 14.1. The maximum absolute atomic E-state index is 12.1. The molecule has 0 spiro atoms. The molecule has 0 saturated heterocycles. The molecule has 0 bridgehead atoms. The molecule has 1 aromatic carbocycles. The van der Waals surface area contributed by atoms with Crippen LogP contribution in [0.25, 0.3) is 0 Å². The second kappa shape index (κ2) is 6.72. The Morgan fingerprint density at radius 3 is 2.77 bits per heavy atom. The van der Waals surface area contributed by atoms with Crippen LogP contribution in [0.4, 0.5) is 0 Å². The zero-order chi connectivity index (χ0) is 16.2. The lowest BCUT2D eigenvalue weighted by atomic mass is 10.0. The summed E-state index contributed by atoms with van der Waals surface area (Å²) in [5.41, 5.74) is 1.25. The first-order valence-electron chi connectivity index (χ1n) is 7.08. The molecule has 3 nitrogen and oxygen atoms in total. The molecule has 1 aliphatic rings. The van der Waals surface area contributed by atoms with Crippen LogP contribution in [0.1, 0.15) is 19.4 Å². The third kappa shape index (κ3) is 3.93. The van der Waals surface area contributed by atoms with Gasteiger partial charge in [0, 0.05) is 23.5 Å². The molecule has 114 valence electrons. The maximum atomic E-state index is 12.1. The lowest BCUT2D eigenvalue weighted by Crippen LogP contribution is -2.40. The van der Waals surface area contributed by atoms with E-state index in [9.17, 15) is 4.79 Å². The molecule has 0 aromatic heterocycles. The molecule has 22 heavy (non-hydrogen) atoms. The molecule has 1 heterocycles. The van der Waals surface area contributed by atoms with Gasteiger partial charge in [0.05, 0.1) is 12.0 Å². The standard InChI is InChI=1S/C18H19ClN2O/c1-4-18(2,3)21-11-9-15(10-12-21)20-17(22)13-14-7-5-6-8-16(14)19/h1,5-11H,12-13H2,2-3H3,(H,20,22). The van der Waals surface area contributed by atoms with Gasteiger partial charge in [-0.3, -0.25) is 4.79 Å². The van der Waals surface area contributed by atoms with Crippen LogP contribution in [0.2, 0.25) is 5.02 Å². The molecule has 0 unspecified atom stereocenters. The van der Waals surface area contributed by atoms with E-state index in [4.69, 9.17) is 18.0 Å². The third-order valence-corrected chi connectivity index (χ3v) is 3.97. The van der Waals surface area contributed by atoms with E-state index in [1.807, 2.05) is 55.3 Å². The number of halogens is 1. The van der Waals surface area contributed by atoms with Gasteiger partial charge in [-0.25, -0.2) is 0 Å². The van der Waals surface area contributed by atoms with Crippen LogP contribution in [-0.4, -0.2) is 22.9 Å². The van der Waals surface area contributed by atoms with E-state index in [0.29, 0.717) is 11.6 Å². The quantitative estimate of drug-likeness (QED) is 0.866. The molecule has 1 amide bonds. The number of carbonyl (C=O) groups excluding carboxylic acids is 1. The van der Waals surface area contributed by atoms with Gasteiger partial charge in [0.1, 0.15) is 0 Å². The summed E-state index contributed by atoms with van der Waals surface area (Å²) in [6.07, 6.45) is 11.5. The van der Waals surface area contributed by atoms with Crippen molar-refractivity contribution in [3.8, 4) is 12.3 Å². The highest BCUT2D eigenvalue weighted by molar-refractivity contribution is 6.31. The monoisotopic (exact) mass is 314 g/mol. The molecule has 1 aromatic rings. The Morgan fingerprint density at radius 1 is 1.45 bits per heavy atom. The Kier molecular flexibility index (Phi) is 4.95. The highest BCUT2D eigenvalue weighted by Gasteiger charge is 2.22. The summed E-state index contributed by atoms with van der Waals surface area (Å²) < 4.78 is 0. The molecule has 0 radical (unpaired) electrons. The zero-order valence-electron chi connectivity index (χ0n) is 12.8. The van der Waals surface area contributed by atoms with E-state index in [0.717, 1.165) is 11.3 Å². The summed E-state index contributed by atoms with van der Waals surface area (Å²) in [5.74, 6) is 2.66. The Labute approximate surface area is 136 Å². The van der Waals surface area contributed by atoms with Crippen molar-refractivity contribution in [2.75, 3.05) is 6.54 Å². The smallest absolute Gasteiger partial charge is 0.228 e. The van der Waals surface area contributed by atoms with E-state index in [-0.39, 0.29) is 17.9 Å². The number of hydrogen-bond acceptors (Lipinski definition) is 2. The average molecular weight is 315 g/mol. The van der Waals surface area contributed by atoms with Crippen LogP contribution < -0.4 is 5.32 Å². The average Bonchev–Trinajstić information content (AvgIpc) is 2.50. The van der Waals surface area contributed by atoms with Gasteiger partial charge in [-0.15, -0.1) is 6.42 Å². The molecule has 4 heteroatoms. The summed E-state index contributed by atoms with van der Waals surface area (Å²) in [6.45, 7) is 4.62. The van der Waals surface area contributed by atoms with E-state index >= 15 is 0 Å². The molecular weight excluding hydrogens is 296 g/mol. The molecule has 1 N–H and O–H groups in total. The number of nitrogens with one attached hydrogen (secondary N) is 1.